The first-order chi connectivity index (χ1) is 11.8. The van der Waals surface area contributed by atoms with Crippen molar-refractivity contribution in [1.29, 1.82) is 0 Å². The van der Waals surface area contributed by atoms with E-state index < -0.39 is 0 Å². The highest BCUT2D eigenvalue weighted by molar-refractivity contribution is 5.52. The minimum absolute atomic E-state index is 1.27. The van der Waals surface area contributed by atoms with Crippen LogP contribution in [-0.4, -0.2) is 0 Å². The van der Waals surface area contributed by atoms with Crippen LogP contribution in [0.5, 0.6) is 0 Å². The van der Waals surface area contributed by atoms with Gasteiger partial charge in [0.15, 0.2) is 0 Å². The van der Waals surface area contributed by atoms with Crippen molar-refractivity contribution in [2.45, 2.75) is 117 Å². The molecule has 0 bridgehead atoms. The Morgan fingerprint density at radius 2 is 1.21 bits per heavy atom. The fourth-order valence-electron chi connectivity index (χ4n) is 3.52. The summed E-state index contributed by atoms with van der Waals surface area (Å²) in [6.45, 7) is 6.88. The molecule has 0 spiro atoms. The average molecular weight is 331 g/mol. The third-order valence-electron chi connectivity index (χ3n) is 5.11. The van der Waals surface area contributed by atoms with Gasteiger partial charge in [0.2, 0.25) is 0 Å². The molecule has 0 saturated heterocycles. The van der Waals surface area contributed by atoms with Crippen LogP contribution in [0.3, 0.4) is 0 Å². The van der Waals surface area contributed by atoms with Gasteiger partial charge in [-0.25, -0.2) is 0 Å². The molecule has 0 nitrogen and oxygen atoms in total. The number of rotatable bonds is 15. The molecule has 1 aliphatic carbocycles. The molecule has 0 unspecified atom stereocenters. The van der Waals surface area contributed by atoms with Gasteiger partial charge in [0.1, 0.15) is 0 Å². The first-order valence-electron chi connectivity index (χ1n) is 10.9. The first-order valence-corrected chi connectivity index (χ1v) is 10.9. The van der Waals surface area contributed by atoms with E-state index in [0.717, 1.165) is 0 Å². The summed E-state index contributed by atoms with van der Waals surface area (Å²) in [5, 5.41) is 0. The van der Waals surface area contributed by atoms with E-state index in [0.29, 0.717) is 0 Å². The quantitative estimate of drug-likeness (QED) is 0.263. The number of hydrogen-bond acceptors (Lipinski definition) is 0. The monoisotopic (exact) mass is 330 g/mol. The third kappa shape index (κ3) is 9.50. The molecule has 138 valence electrons. The van der Waals surface area contributed by atoms with Gasteiger partial charge in [0, 0.05) is 0 Å². The van der Waals surface area contributed by atoms with Crippen LogP contribution in [0.2, 0.25) is 0 Å². The van der Waals surface area contributed by atoms with E-state index in [9.17, 15) is 0 Å². The zero-order valence-electron chi connectivity index (χ0n) is 16.8. The fraction of sp³-hybridized carbons (Fsp3) is 0.750. The van der Waals surface area contributed by atoms with Crippen LogP contribution in [0.15, 0.2) is 34.9 Å². The Kier molecular flexibility index (Phi) is 12.9. The molecule has 0 aliphatic heterocycles. The molecule has 1 aliphatic rings. The highest BCUT2D eigenvalue weighted by atomic mass is 14.2. The lowest BCUT2D eigenvalue weighted by molar-refractivity contribution is 0.663. The zero-order chi connectivity index (χ0) is 17.5. The Morgan fingerprint density at radius 1 is 0.625 bits per heavy atom. The summed E-state index contributed by atoms with van der Waals surface area (Å²) in [7, 11) is 0. The second kappa shape index (κ2) is 14.6. The summed E-state index contributed by atoms with van der Waals surface area (Å²) in [6.07, 6.45) is 27.8. The molecule has 0 heteroatoms. The first kappa shape index (κ1) is 21.3. The lowest BCUT2D eigenvalue weighted by Crippen LogP contribution is -1.86. The van der Waals surface area contributed by atoms with Crippen LogP contribution >= 0.6 is 0 Å². The Morgan fingerprint density at radius 3 is 1.83 bits per heavy atom. The predicted octanol–water partition coefficient (Wildman–Crippen LogP) is 8.69. The second-order valence-electron chi connectivity index (χ2n) is 7.52. The van der Waals surface area contributed by atoms with E-state index in [-0.39, 0.29) is 0 Å². The van der Waals surface area contributed by atoms with Crippen LogP contribution in [0.1, 0.15) is 117 Å². The molecule has 0 radical (unpaired) electrons. The summed E-state index contributed by atoms with van der Waals surface area (Å²) in [5.41, 5.74) is 4.79. The van der Waals surface area contributed by atoms with Gasteiger partial charge in [-0.15, -0.1) is 0 Å². The largest absolute Gasteiger partial charge is 0.0770 e. The van der Waals surface area contributed by atoms with Crippen LogP contribution in [-0.2, 0) is 0 Å². The molecular weight excluding hydrogens is 288 g/mol. The van der Waals surface area contributed by atoms with Crippen LogP contribution in [0.4, 0.5) is 0 Å². The number of hydrogen-bond donors (Lipinski definition) is 0. The molecule has 0 fully saturated rings. The van der Waals surface area contributed by atoms with Crippen molar-refractivity contribution in [2.24, 2.45) is 0 Å². The van der Waals surface area contributed by atoms with Crippen molar-refractivity contribution in [2.75, 3.05) is 0 Å². The van der Waals surface area contributed by atoms with E-state index in [1.165, 1.54) is 96.3 Å². The van der Waals surface area contributed by atoms with Crippen molar-refractivity contribution < 1.29 is 0 Å². The molecule has 24 heavy (non-hydrogen) atoms. The minimum Gasteiger partial charge on any atom is -0.0770 e. The number of unbranched alkanes of at least 4 members (excludes halogenated alkanes) is 10. The Bertz CT molecular complexity index is 394. The molecule has 0 atom stereocenters. The average Bonchev–Trinajstić information content (AvgIpc) is 2.97. The van der Waals surface area contributed by atoms with Gasteiger partial charge in [-0.05, 0) is 55.2 Å². The van der Waals surface area contributed by atoms with Gasteiger partial charge in [-0.3, -0.25) is 0 Å². The minimum atomic E-state index is 1.27. The lowest BCUT2D eigenvalue weighted by atomic mass is 10.0. The SMILES string of the molecule is CCCCCC/C=C1\C=C(CCCCCC)C=C1CCCCCC. The summed E-state index contributed by atoms with van der Waals surface area (Å²) in [4.78, 5) is 0. The van der Waals surface area contributed by atoms with E-state index in [4.69, 9.17) is 0 Å². The van der Waals surface area contributed by atoms with Crippen LogP contribution in [0.25, 0.3) is 0 Å². The fourth-order valence-corrected chi connectivity index (χ4v) is 3.52. The maximum Gasteiger partial charge on any atom is -0.0262 e. The van der Waals surface area contributed by atoms with Crippen LogP contribution < -0.4 is 0 Å². The topological polar surface area (TPSA) is 0 Å². The van der Waals surface area contributed by atoms with Gasteiger partial charge in [-0.2, -0.15) is 0 Å². The van der Waals surface area contributed by atoms with Gasteiger partial charge in [0.05, 0.1) is 0 Å². The van der Waals surface area contributed by atoms with Crippen molar-refractivity contribution in [1.82, 2.24) is 0 Å². The highest BCUT2D eigenvalue weighted by Crippen LogP contribution is 2.31. The standard InChI is InChI=1S/C24H42/c1-4-7-10-13-16-19-24-21-22(17-14-11-8-5-2)20-23(24)18-15-12-9-6-3/h19-21H,4-18H2,1-3H3/b24-19+. The van der Waals surface area contributed by atoms with E-state index in [1.807, 2.05) is 0 Å². The summed E-state index contributed by atoms with van der Waals surface area (Å²) < 4.78 is 0. The van der Waals surface area contributed by atoms with Gasteiger partial charge >= 0.3 is 0 Å². The maximum absolute atomic E-state index is 2.53. The van der Waals surface area contributed by atoms with Crippen molar-refractivity contribution in [3.8, 4) is 0 Å². The molecule has 0 saturated carbocycles. The van der Waals surface area contributed by atoms with E-state index in [2.05, 4.69) is 39.0 Å². The molecule has 0 amide bonds. The smallest absolute Gasteiger partial charge is 0.0262 e. The van der Waals surface area contributed by atoms with Crippen molar-refractivity contribution in [3.05, 3.63) is 34.9 Å². The predicted molar refractivity (Wildman–Crippen MR) is 111 cm³/mol. The van der Waals surface area contributed by atoms with Gasteiger partial charge in [-0.1, -0.05) is 96.8 Å². The van der Waals surface area contributed by atoms with Gasteiger partial charge < -0.3 is 0 Å². The summed E-state index contributed by atoms with van der Waals surface area (Å²) in [5.74, 6) is 0. The maximum atomic E-state index is 2.53. The van der Waals surface area contributed by atoms with Crippen molar-refractivity contribution in [3.63, 3.8) is 0 Å². The Labute approximate surface area is 152 Å². The van der Waals surface area contributed by atoms with E-state index >= 15 is 0 Å². The molecule has 0 heterocycles. The third-order valence-corrected chi connectivity index (χ3v) is 5.11. The Balaban J connectivity index is 2.48. The molecule has 0 aromatic rings. The normalized spacial score (nSPS) is 15.9. The number of allylic oxidation sites excluding steroid dienone is 6. The molecule has 0 aromatic heterocycles. The molecule has 0 aromatic carbocycles. The molecule has 0 N–H and O–H groups in total. The van der Waals surface area contributed by atoms with Gasteiger partial charge in [0.25, 0.3) is 0 Å². The zero-order valence-corrected chi connectivity index (χ0v) is 16.8. The Hall–Kier alpha value is -0.780. The molecular formula is C24H42. The highest BCUT2D eigenvalue weighted by Gasteiger charge is 2.11. The van der Waals surface area contributed by atoms with Crippen molar-refractivity contribution >= 4 is 0 Å². The second-order valence-corrected chi connectivity index (χ2v) is 7.52. The lowest BCUT2D eigenvalue weighted by Gasteiger charge is -2.05. The summed E-state index contributed by atoms with van der Waals surface area (Å²) >= 11 is 0. The molecule has 1 rings (SSSR count). The van der Waals surface area contributed by atoms with E-state index in [1.54, 1.807) is 16.7 Å². The summed E-state index contributed by atoms with van der Waals surface area (Å²) in [6, 6.07) is 0. The van der Waals surface area contributed by atoms with Crippen LogP contribution in [0, 0.1) is 0 Å².